The Morgan fingerprint density at radius 2 is 1.93 bits per heavy atom. The van der Waals surface area contributed by atoms with Gasteiger partial charge in [0.05, 0.1) is 5.52 Å². The molecule has 2 aromatic rings. The van der Waals surface area contributed by atoms with Crippen LogP contribution in [0, 0.1) is 0 Å². The highest BCUT2D eigenvalue weighted by atomic mass is 79.9. The van der Waals surface area contributed by atoms with Crippen LogP contribution in [0.1, 0.15) is 25.3 Å². The number of halogens is 1. The number of aromatic nitrogens is 1. The minimum Gasteiger partial charge on any atom is -0.256 e. The van der Waals surface area contributed by atoms with E-state index in [4.69, 9.17) is 0 Å². The van der Waals surface area contributed by atoms with Crippen LogP contribution in [0.3, 0.4) is 0 Å². The molecule has 1 nitrogen and oxygen atoms in total. The van der Waals surface area contributed by atoms with E-state index >= 15 is 0 Å². The smallest absolute Gasteiger partial charge is 0.0713 e. The van der Waals surface area contributed by atoms with Crippen molar-refractivity contribution in [2.45, 2.75) is 19.8 Å². The minimum absolute atomic E-state index is 0.501. The van der Waals surface area contributed by atoms with E-state index in [0.717, 1.165) is 5.52 Å². The molecule has 0 fully saturated rings. The van der Waals surface area contributed by atoms with Gasteiger partial charge in [0.25, 0.3) is 0 Å². The van der Waals surface area contributed by atoms with E-state index in [2.05, 4.69) is 40.8 Å². The number of fused-ring (bicyclic) bond motifs is 1. The molecule has 0 amide bonds. The maximum absolute atomic E-state index is 4.43. The summed E-state index contributed by atoms with van der Waals surface area (Å²) in [6, 6.07) is 8.18. The zero-order valence-electron chi connectivity index (χ0n) is 8.29. The van der Waals surface area contributed by atoms with Crippen molar-refractivity contribution in [3.8, 4) is 0 Å². The Balaban J connectivity index is 2.75. The zero-order valence-corrected chi connectivity index (χ0v) is 9.88. The third-order valence-electron chi connectivity index (χ3n) is 2.36. The highest BCUT2D eigenvalue weighted by molar-refractivity contribution is 9.10. The van der Waals surface area contributed by atoms with E-state index in [1.165, 1.54) is 15.4 Å². The third kappa shape index (κ3) is 1.55. The first-order valence-corrected chi connectivity index (χ1v) is 5.52. The summed E-state index contributed by atoms with van der Waals surface area (Å²) in [5.74, 6) is 0.501. The Morgan fingerprint density at radius 3 is 2.64 bits per heavy atom. The number of hydrogen-bond acceptors (Lipinski definition) is 1. The first-order chi connectivity index (χ1) is 6.70. The fourth-order valence-electron chi connectivity index (χ4n) is 1.53. The molecule has 0 bridgehead atoms. The molecule has 0 unspecified atom stereocenters. The lowest BCUT2D eigenvalue weighted by Gasteiger charge is -2.09. The Bertz CT molecular complexity index is 463. The summed E-state index contributed by atoms with van der Waals surface area (Å²) in [6.07, 6.45) is 1.96. The molecular formula is C12H12BrN. The summed E-state index contributed by atoms with van der Waals surface area (Å²) in [5.41, 5.74) is 2.31. The molecule has 72 valence electrons. The lowest BCUT2D eigenvalue weighted by molar-refractivity contribution is 0.856. The van der Waals surface area contributed by atoms with E-state index in [0.29, 0.717) is 5.92 Å². The van der Waals surface area contributed by atoms with Crippen LogP contribution in [0.4, 0.5) is 0 Å². The highest BCUT2D eigenvalue weighted by Crippen LogP contribution is 2.30. The van der Waals surface area contributed by atoms with Gasteiger partial charge in [0, 0.05) is 16.1 Å². The van der Waals surface area contributed by atoms with Crippen LogP contribution >= 0.6 is 15.9 Å². The van der Waals surface area contributed by atoms with Gasteiger partial charge >= 0.3 is 0 Å². The molecule has 0 aliphatic heterocycles. The minimum atomic E-state index is 0.501. The number of rotatable bonds is 1. The first kappa shape index (κ1) is 9.66. The zero-order chi connectivity index (χ0) is 10.1. The fraction of sp³-hybridized carbons (Fsp3) is 0.250. The molecule has 0 N–H and O–H groups in total. The van der Waals surface area contributed by atoms with Gasteiger partial charge in [-0.3, -0.25) is 4.98 Å². The summed E-state index contributed by atoms with van der Waals surface area (Å²) in [5, 5.41) is 1.19. The van der Waals surface area contributed by atoms with E-state index in [1.807, 2.05) is 24.4 Å². The molecule has 1 heterocycles. The van der Waals surface area contributed by atoms with Gasteiger partial charge in [-0.15, -0.1) is 0 Å². The van der Waals surface area contributed by atoms with Crippen molar-refractivity contribution in [3.63, 3.8) is 0 Å². The van der Waals surface area contributed by atoms with Crippen molar-refractivity contribution in [1.82, 2.24) is 4.98 Å². The molecular weight excluding hydrogens is 238 g/mol. The van der Waals surface area contributed by atoms with Gasteiger partial charge in [0.2, 0.25) is 0 Å². The summed E-state index contributed by atoms with van der Waals surface area (Å²) in [4.78, 5) is 4.43. The van der Waals surface area contributed by atoms with E-state index in [1.54, 1.807) is 0 Å². The van der Waals surface area contributed by atoms with Crippen molar-refractivity contribution in [2.24, 2.45) is 0 Å². The average Bonchev–Trinajstić information content (AvgIpc) is 2.18. The van der Waals surface area contributed by atoms with Crippen LogP contribution in [0.2, 0.25) is 0 Å². The maximum atomic E-state index is 4.43. The van der Waals surface area contributed by atoms with Gasteiger partial charge in [-0.2, -0.15) is 0 Å². The average molecular weight is 250 g/mol. The predicted octanol–water partition coefficient (Wildman–Crippen LogP) is 4.12. The van der Waals surface area contributed by atoms with Crippen LogP contribution < -0.4 is 0 Å². The van der Waals surface area contributed by atoms with Crippen molar-refractivity contribution >= 4 is 26.8 Å². The summed E-state index contributed by atoms with van der Waals surface area (Å²) in [6.45, 7) is 4.35. The summed E-state index contributed by atoms with van der Waals surface area (Å²) >= 11 is 3.64. The van der Waals surface area contributed by atoms with Crippen molar-refractivity contribution in [3.05, 3.63) is 40.5 Å². The Labute approximate surface area is 92.3 Å². The Morgan fingerprint density at radius 1 is 1.21 bits per heavy atom. The van der Waals surface area contributed by atoms with E-state index in [9.17, 15) is 0 Å². The largest absolute Gasteiger partial charge is 0.256 e. The summed E-state index contributed by atoms with van der Waals surface area (Å²) < 4.78 is 1.18. The number of para-hydroxylation sites is 1. The van der Waals surface area contributed by atoms with Gasteiger partial charge in [0.1, 0.15) is 0 Å². The molecule has 0 spiro atoms. The second kappa shape index (κ2) is 3.70. The molecule has 1 aromatic carbocycles. The molecule has 0 aliphatic rings. The van der Waals surface area contributed by atoms with Crippen molar-refractivity contribution < 1.29 is 0 Å². The SMILES string of the molecule is CC(C)c1cnc2ccccc2c1Br. The number of nitrogens with zero attached hydrogens (tertiary/aromatic N) is 1. The molecule has 14 heavy (non-hydrogen) atoms. The van der Waals surface area contributed by atoms with Gasteiger partial charge in [0.15, 0.2) is 0 Å². The number of benzene rings is 1. The molecule has 0 aliphatic carbocycles. The van der Waals surface area contributed by atoms with Crippen LogP contribution in [-0.4, -0.2) is 4.98 Å². The Kier molecular flexibility index (Phi) is 2.55. The summed E-state index contributed by atoms with van der Waals surface area (Å²) in [7, 11) is 0. The van der Waals surface area contributed by atoms with Crippen LogP contribution in [0.15, 0.2) is 34.9 Å². The molecule has 2 heteroatoms. The fourth-order valence-corrected chi connectivity index (χ4v) is 2.42. The molecule has 1 aromatic heterocycles. The Hall–Kier alpha value is -0.890. The monoisotopic (exact) mass is 249 g/mol. The number of hydrogen-bond donors (Lipinski definition) is 0. The van der Waals surface area contributed by atoms with Gasteiger partial charge < -0.3 is 0 Å². The quantitative estimate of drug-likeness (QED) is 0.741. The van der Waals surface area contributed by atoms with E-state index < -0.39 is 0 Å². The lowest BCUT2D eigenvalue weighted by atomic mass is 10.0. The van der Waals surface area contributed by atoms with Crippen LogP contribution in [-0.2, 0) is 0 Å². The molecule has 0 saturated heterocycles. The van der Waals surface area contributed by atoms with Crippen LogP contribution in [0.25, 0.3) is 10.9 Å². The standard InChI is InChI=1S/C12H12BrN/c1-8(2)10-7-14-11-6-4-3-5-9(11)12(10)13/h3-8H,1-2H3. The highest BCUT2D eigenvalue weighted by Gasteiger charge is 2.08. The van der Waals surface area contributed by atoms with Crippen molar-refractivity contribution in [2.75, 3.05) is 0 Å². The second-order valence-electron chi connectivity index (χ2n) is 3.70. The molecule has 2 rings (SSSR count). The van der Waals surface area contributed by atoms with Gasteiger partial charge in [-0.05, 0) is 33.5 Å². The first-order valence-electron chi connectivity index (χ1n) is 4.73. The number of pyridine rings is 1. The lowest BCUT2D eigenvalue weighted by Crippen LogP contribution is -1.92. The second-order valence-corrected chi connectivity index (χ2v) is 4.49. The molecule has 0 atom stereocenters. The van der Waals surface area contributed by atoms with E-state index in [-0.39, 0.29) is 0 Å². The normalized spacial score (nSPS) is 11.1. The van der Waals surface area contributed by atoms with Gasteiger partial charge in [-0.1, -0.05) is 32.0 Å². The van der Waals surface area contributed by atoms with Crippen LogP contribution in [0.5, 0.6) is 0 Å². The van der Waals surface area contributed by atoms with Crippen molar-refractivity contribution in [1.29, 1.82) is 0 Å². The topological polar surface area (TPSA) is 12.9 Å². The maximum Gasteiger partial charge on any atom is 0.0713 e. The third-order valence-corrected chi connectivity index (χ3v) is 3.24. The van der Waals surface area contributed by atoms with Gasteiger partial charge in [-0.25, -0.2) is 0 Å². The predicted molar refractivity (Wildman–Crippen MR) is 63.5 cm³/mol. The molecule has 0 saturated carbocycles. The molecule has 0 radical (unpaired) electrons.